The Hall–Kier alpha value is -4.28. The zero-order valence-electron chi connectivity index (χ0n) is 20.7. The maximum absolute atomic E-state index is 11.9. The molecule has 2 atom stereocenters. The third kappa shape index (κ3) is 4.27. The lowest BCUT2D eigenvalue weighted by molar-refractivity contribution is -0.114. The van der Waals surface area contributed by atoms with Crippen molar-refractivity contribution in [1.29, 1.82) is 0 Å². The number of nitrogens with zero attached hydrogens (tertiary/aromatic N) is 4. The van der Waals surface area contributed by atoms with Gasteiger partial charge in [-0.2, -0.15) is 0 Å². The Kier molecular flexibility index (Phi) is 6.26. The minimum atomic E-state index is -0.252. The van der Waals surface area contributed by atoms with Crippen LogP contribution in [0, 0.1) is 0 Å². The van der Waals surface area contributed by atoms with Crippen LogP contribution in [-0.2, 0) is 4.79 Å². The monoisotopic (exact) mass is 540 g/mol. The van der Waals surface area contributed by atoms with Gasteiger partial charge in [0.15, 0.2) is 10.2 Å². The van der Waals surface area contributed by atoms with E-state index in [-0.39, 0.29) is 18.0 Å². The zero-order chi connectivity index (χ0) is 26.2. The summed E-state index contributed by atoms with van der Waals surface area (Å²) in [6, 6.07) is 23.3. The molecule has 38 heavy (non-hydrogen) atoms. The average molecular weight is 541 g/mol. The molecule has 3 aromatic heterocycles. The van der Waals surface area contributed by atoms with Crippen LogP contribution in [0.25, 0.3) is 15.3 Å². The van der Waals surface area contributed by atoms with Gasteiger partial charge >= 0.3 is 0 Å². The summed E-state index contributed by atoms with van der Waals surface area (Å²) in [5.74, 6) is 0.382. The van der Waals surface area contributed by atoms with E-state index in [0.29, 0.717) is 16.5 Å². The van der Waals surface area contributed by atoms with Crippen molar-refractivity contribution >= 4 is 56.2 Å². The van der Waals surface area contributed by atoms with Crippen LogP contribution in [0.3, 0.4) is 0 Å². The molecule has 1 aliphatic rings. The molecule has 4 heterocycles. The van der Waals surface area contributed by atoms with Crippen LogP contribution in [0.5, 0.6) is 5.75 Å². The Labute approximate surface area is 228 Å². The number of hydrogen-bond acceptors (Lipinski definition) is 6. The standard InChI is InChI=1S/C28H24N6O2S2/c1-17(35)30-21-16-18(12-13-23(21)36-2)34-26(25(32-27(34)37)20-9-5-6-14-29-20)22-10-7-15-33(22)28-31-19-8-3-4-11-24(19)38-28/h3-16,25-26H,1-2H3,(H,30,35)(H,32,37)/t25-,26-/m0/s1. The van der Waals surface area contributed by atoms with E-state index in [1.54, 1.807) is 24.6 Å². The van der Waals surface area contributed by atoms with Crippen LogP contribution in [0.1, 0.15) is 30.4 Å². The molecule has 0 bridgehead atoms. The molecule has 0 spiro atoms. The fraction of sp³-hybridized carbons (Fsp3) is 0.143. The van der Waals surface area contributed by atoms with E-state index < -0.39 is 0 Å². The number of nitrogens with one attached hydrogen (secondary N) is 2. The van der Waals surface area contributed by atoms with Gasteiger partial charge in [-0.25, -0.2) is 4.98 Å². The molecule has 0 radical (unpaired) electrons. The highest BCUT2D eigenvalue weighted by Crippen LogP contribution is 2.44. The fourth-order valence-corrected chi connectivity index (χ4v) is 6.16. The molecule has 2 aromatic carbocycles. The van der Waals surface area contributed by atoms with Crippen molar-refractivity contribution in [3.05, 3.63) is 96.6 Å². The number of thiocarbonyl (C=S) groups is 1. The van der Waals surface area contributed by atoms with Gasteiger partial charge in [-0.3, -0.25) is 14.3 Å². The molecule has 2 N–H and O–H groups in total. The van der Waals surface area contributed by atoms with E-state index in [4.69, 9.17) is 21.9 Å². The highest BCUT2D eigenvalue weighted by atomic mass is 32.1. The van der Waals surface area contributed by atoms with Gasteiger partial charge in [-0.1, -0.05) is 29.5 Å². The topological polar surface area (TPSA) is 84.3 Å². The van der Waals surface area contributed by atoms with E-state index >= 15 is 0 Å². The number of benzene rings is 2. The van der Waals surface area contributed by atoms with Gasteiger partial charge in [0.1, 0.15) is 11.8 Å². The van der Waals surface area contributed by atoms with Crippen LogP contribution < -0.4 is 20.3 Å². The number of anilines is 2. The van der Waals surface area contributed by atoms with E-state index in [2.05, 4.69) is 37.2 Å². The van der Waals surface area contributed by atoms with Gasteiger partial charge in [0, 0.05) is 25.0 Å². The zero-order valence-corrected chi connectivity index (χ0v) is 22.3. The van der Waals surface area contributed by atoms with Crippen LogP contribution >= 0.6 is 23.6 Å². The normalized spacial score (nSPS) is 17.0. The average Bonchev–Trinajstić information content (AvgIpc) is 3.65. The molecule has 1 aliphatic heterocycles. The first-order valence-electron chi connectivity index (χ1n) is 12.0. The Bertz CT molecular complexity index is 1610. The van der Waals surface area contributed by atoms with Gasteiger partial charge in [0.2, 0.25) is 5.91 Å². The Morgan fingerprint density at radius 3 is 2.71 bits per heavy atom. The van der Waals surface area contributed by atoms with E-state index in [1.165, 1.54) is 6.92 Å². The summed E-state index contributed by atoms with van der Waals surface area (Å²) in [7, 11) is 1.58. The summed E-state index contributed by atoms with van der Waals surface area (Å²) in [6.45, 7) is 1.47. The third-order valence-electron chi connectivity index (χ3n) is 6.44. The van der Waals surface area contributed by atoms with Crippen LogP contribution in [-0.4, -0.2) is 32.7 Å². The van der Waals surface area contributed by atoms with Crippen LogP contribution in [0.4, 0.5) is 11.4 Å². The maximum atomic E-state index is 11.9. The van der Waals surface area contributed by atoms with Crippen LogP contribution in [0.2, 0.25) is 0 Å². The highest BCUT2D eigenvalue weighted by Gasteiger charge is 2.42. The Balaban J connectivity index is 1.50. The first-order valence-corrected chi connectivity index (χ1v) is 13.3. The summed E-state index contributed by atoms with van der Waals surface area (Å²) >= 11 is 7.54. The van der Waals surface area contributed by atoms with Gasteiger partial charge in [0.25, 0.3) is 0 Å². The summed E-state index contributed by atoms with van der Waals surface area (Å²) in [5.41, 5.74) is 4.22. The number of amides is 1. The van der Waals surface area contributed by atoms with E-state index in [0.717, 1.165) is 32.4 Å². The number of rotatable bonds is 6. The van der Waals surface area contributed by atoms with Crippen LogP contribution in [0.15, 0.2) is 85.2 Å². The van der Waals surface area contributed by atoms with Crippen molar-refractivity contribution in [2.75, 3.05) is 17.3 Å². The number of aromatic nitrogens is 3. The van der Waals surface area contributed by atoms with Crippen molar-refractivity contribution in [2.45, 2.75) is 19.0 Å². The summed E-state index contributed by atoms with van der Waals surface area (Å²) in [4.78, 5) is 23.5. The smallest absolute Gasteiger partial charge is 0.221 e. The second-order valence-corrected chi connectivity index (χ2v) is 10.2. The lowest BCUT2D eigenvalue weighted by Crippen LogP contribution is -2.30. The number of thiazole rings is 1. The SMILES string of the molecule is COc1ccc(N2C(=S)N[C@@H](c3ccccn3)[C@@H]2c2cccn2-c2nc3ccccc3s2)cc1NC(C)=O. The predicted molar refractivity (Wildman–Crippen MR) is 154 cm³/mol. The van der Waals surface area contributed by atoms with E-state index in [1.807, 2.05) is 66.9 Å². The molecule has 1 fully saturated rings. The molecule has 1 saturated heterocycles. The molecule has 5 aromatic rings. The largest absolute Gasteiger partial charge is 0.495 e. The number of methoxy groups -OCH3 is 1. The number of carbonyl (C=O) groups is 1. The van der Waals surface area contributed by atoms with E-state index in [9.17, 15) is 4.79 Å². The summed E-state index contributed by atoms with van der Waals surface area (Å²) in [5, 5.41) is 7.79. The van der Waals surface area contributed by atoms with Crippen molar-refractivity contribution in [3.8, 4) is 10.9 Å². The molecule has 1 amide bonds. The molecule has 10 heteroatoms. The molecule has 190 valence electrons. The second-order valence-electron chi connectivity index (χ2n) is 8.83. The summed E-state index contributed by atoms with van der Waals surface area (Å²) < 4.78 is 8.72. The number of hydrogen-bond donors (Lipinski definition) is 2. The number of fused-ring (bicyclic) bond motifs is 1. The third-order valence-corrected chi connectivity index (χ3v) is 7.79. The molecule has 0 saturated carbocycles. The van der Waals surface area contributed by atoms with Crippen molar-refractivity contribution < 1.29 is 9.53 Å². The summed E-state index contributed by atoms with van der Waals surface area (Å²) in [6.07, 6.45) is 3.81. The van der Waals surface area contributed by atoms with Gasteiger partial charge in [0.05, 0.1) is 40.4 Å². The van der Waals surface area contributed by atoms with Gasteiger partial charge in [-0.15, -0.1) is 0 Å². The highest BCUT2D eigenvalue weighted by molar-refractivity contribution is 7.80. The first-order chi connectivity index (χ1) is 18.5. The molecular formula is C28H24N6O2S2. The van der Waals surface area contributed by atoms with Gasteiger partial charge in [-0.05, 0) is 66.8 Å². The van der Waals surface area contributed by atoms with Crippen molar-refractivity contribution in [2.24, 2.45) is 0 Å². The second kappa shape index (κ2) is 9.88. The molecule has 6 rings (SSSR count). The van der Waals surface area contributed by atoms with Crippen molar-refractivity contribution in [3.63, 3.8) is 0 Å². The van der Waals surface area contributed by atoms with Crippen molar-refractivity contribution in [1.82, 2.24) is 19.9 Å². The first kappa shape index (κ1) is 24.1. The lowest BCUT2D eigenvalue weighted by atomic mass is 10.0. The fourth-order valence-electron chi connectivity index (χ4n) is 4.84. The minimum Gasteiger partial charge on any atom is -0.495 e. The number of pyridine rings is 1. The molecule has 0 aliphatic carbocycles. The van der Waals surface area contributed by atoms with Gasteiger partial charge < -0.3 is 20.3 Å². The number of para-hydroxylation sites is 1. The Morgan fingerprint density at radius 2 is 1.95 bits per heavy atom. The molecule has 8 nitrogen and oxygen atoms in total. The lowest BCUT2D eigenvalue weighted by Gasteiger charge is -2.29. The molecular weight excluding hydrogens is 516 g/mol. The Morgan fingerprint density at radius 1 is 1.11 bits per heavy atom. The minimum absolute atomic E-state index is 0.185. The molecule has 0 unspecified atom stereocenters. The number of carbonyl (C=O) groups excluding carboxylic acids is 1. The quantitative estimate of drug-likeness (QED) is 0.270. The maximum Gasteiger partial charge on any atom is 0.221 e. The predicted octanol–water partition coefficient (Wildman–Crippen LogP) is 5.63. The number of ether oxygens (including phenoxy) is 1.